The Morgan fingerprint density at radius 2 is 0.753 bits per heavy atom. The first-order valence-electron chi connectivity index (χ1n) is 33.5. The maximum absolute atomic E-state index is 13.0. The largest absolute Gasteiger partial charge is 0.472 e. The Morgan fingerprint density at radius 3 is 1.12 bits per heavy atom. The van der Waals surface area contributed by atoms with Gasteiger partial charge in [0.25, 0.3) is 0 Å². The van der Waals surface area contributed by atoms with Crippen molar-refractivity contribution < 1.29 is 32.9 Å². The number of likely N-dealkylation sites (N-methyl/N-ethyl adjacent to an activating group) is 1. The number of unbranched alkanes of at least 4 members (excludes halogenated alkanes) is 43. The van der Waals surface area contributed by atoms with Gasteiger partial charge in [-0.2, -0.15) is 0 Å². The highest BCUT2D eigenvalue weighted by atomic mass is 31.2. The van der Waals surface area contributed by atoms with Gasteiger partial charge in [0, 0.05) is 6.42 Å². The number of phosphoric ester groups is 1. The number of allylic oxidation sites excluding steroid dienone is 7. The molecule has 0 radical (unpaired) electrons. The van der Waals surface area contributed by atoms with Gasteiger partial charge in [0.2, 0.25) is 5.91 Å². The SMILES string of the molecule is CCCCCCC/C=C\C/C=C\CCCCCCCCCCCCCCCCCCCCCCCC(=O)NC(COP(=O)(O)OCC[N+](C)(C)C)C(O)/C=C/CC/C=C/CCCCCCCCCCCCCCCCCC. The molecule has 454 valence electrons. The third-order valence-corrected chi connectivity index (χ3v) is 16.3. The van der Waals surface area contributed by atoms with Crippen molar-refractivity contribution in [2.75, 3.05) is 40.9 Å². The zero-order chi connectivity index (χ0) is 56.3. The molecule has 9 heteroatoms. The van der Waals surface area contributed by atoms with Crippen LogP contribution in [0, 0.1) is 0 Å². The molecule has 0 heterocycles. The molecule has 0 aliphatic rings. The van der Waals surface area contributed by atoms with Gasteiger partial charge >= 0.3 is 7.82 Å². The Bertz CT molecular complexity index is 1390. The maximum Gasteiger partial charge on any atom is 0.472 e. The van der Waals surface area contributed by atoms with E-state index in [1.165, 1.54) is 263 Å². The lowest BCUT2D eigenvalue weighted by Crippen LogP contribution is -2.45. The molecule has 0 saturated carbocycles. The first kappa shape index (κ1) is 75.5. The van der Waals surface area contributed by atoms with Crippen LogP contribution in [0.5, 0.6) is 0 Å². The summed E-state index contributed by atoms with van der Waals surface area (Å²) < 4.78 is 23.8. The maximum atomic E-state index is 13.0. The molecule has 0 aliphatic carbocycles. The summed E-state index contributed by atoms with van der Waals surface area (Å²) in [4.78, 5) is 23.4. The zero-order valence-corrected chi connectivity index (χ0v) is 52.9. The third kappa shape index (κ3) is 61.9. The molecule has 1 amide bonds. The first-order chi connectivity index (χ1) is 37.5. The monoisotopic (exact) mass is 1100 g/mol. The van der Waals surface area contributed by atoms with Crippen LogP contribution in [0.2, 0.25) is 0 Å². The Morgan fingerprint density at radius 1 is 0.442 bits per heavy atom. The summed E-state index contributed by atoms with van der Waals surface area (Å²) in [5.41, 5.74) is 0. The minimum atomic E-state index is -4.36. The number of phosphoric acid groups is 1. The minimum Gasteiger partial charge on any atom is -0.387 e. The van der Waals surface area contributed by atoms with Crippen LogP contribution < -0.4 is 5.32 Å². The van der Waals surface area contributed by atoms with E-state index in [1.807, 2.05) is 27.2 Å². The average Bonchev–Trinajstić information content (AvgIpc) is 3.39. The Labute approximate surface area is 479 Å². The van der Waals surface area contributed by atoms with Crippen molar-refractivity contribution in [2.24, 2.45) is 0 Å². The van der Waals surface area contributed by atoms with Crippen LogP contribution in [0.3, 0.4) is 0 Å². The summed E-state index contributed by atoms with van der Waals surface area (Å²) in [6.45, 7) is 4.83. The van der Waals surface area contributed by atoms with Gasteiger partial charge in [0.05, 0.1) is 39.9 Å². The number of aliphatic hydroxyl groups excluding tert-OH is 1. The van der Waals surface area contributed by atoms with Crippen molar-refractivity contribution in [1.29, 1.82) is 0 Å². The number of carbonyl (C=O) groups is 1. The number of hydrogen-bond donors (Lipinski definition) is 3. The van der Waals surface area contributed by atoms with Crippen molar-refractivity contribution in [2.45, 2.75) is 341 Å². The van der Waals surface area contributed by atoms with Crippen LogP contribution in [0.15, 0.2) is 48.6 Å². The van der Waals surface area contributed by atoms with E-state index in [-0.39, 0.29) is 19.1 Å². The van der Waals surface area contributed by atoms with Crippen LogP contribution in [0.25, 0.3) is 0 Å². The zero-order valence-electron chi connectivity index (χ0n) is 52.0. The molecule has 0 aromatic rings. The van der Waals surface area contributed by atoms with E-state index in [1.54, 1.807) is 6.08 Å². The molecule has 0 fully saturated rings. The van der Waals surface area contributed by atoms with E-state index in [2.05, 4.69) is 55.6 Å². The molecule has 0 saturated heterocycles. The summed E-state index contributed by atoms with van der Waals surface area (Å²) in [5.74, 6) is -0.181. The third-order valence-electron chi connectivity index (χ3n) is 15.3. The van der Waals surface area contributed by atoms with E-state index in [9.17, 15) is 19.4 Å². The van der Waals surface area contributed by atoms with Crippen LogP contribution in [-0.4, -0.2) is 73.4 Å². The van der Waals surface area contributed by atoms with Crippen LogP contribution in [0.4, 0.5) is 0 Å². The molecule has 0 bridgehead atoms. The van der Waals surface area contributed by atoms with Gasteiger partial charge in [-0.05, 0) is 64.2 Å². The van der Waals surface area contributed by atoms with E-state index < -0.39 is 20.0 Å². The van der Waals surface area contributed by atoms with Gasteiger partial charge in [-0.3, -0.25) is 13.8 Å². The molecule has 3 atom stereocenters. The van der Waals surface area contributed by atoms with Crippen molar-refractivity contribution >= 4 is 13.7 Å². The molecule has 8 nitrogen and oxygen atoms in total. The highest BCUT2D eigenvalue weighted by molar-refractivity contribution is 7.47. The van der Waals surface area contributed by atoms with Crippen molar-refractivity contribution in [3.05, 3.63) is 48.6 Å². The molecular formula is C68H132N2O6P+. The quantitative estimate of drug-likeness (QED) is 0.0243. The van der Waals surface area contributed by atoms with Gasteiger partial charge in [-0.1, -0.05) is 306 Å². The highest BCUT2D eigenvalue weighted by Gasteiger charge is 2.28. The standard InChI is InChI=1S/C68H131N2O6P/c1-6-8-10-12-14-16-18-20-22-24-26-28-30-31-32-33-34-35-36-37-38-39-40-42-44-46-48-50-52-54-56-58-60-62-68(72)69-66(65-76-77(73,74)75-64-63-70(3,4)5)67(71)61-59-57-55-53-51-49-47-45-43-41-29-27-25-23-21-19-17-15-13-11-9-7-2/h18,20,24,26,51,53,59,61,66-67,71H,6-17,19,21-23,25,27-50,52,54-58,60,62-65H2,1-5H3,(H-,69,72,73,74)/p+1/b20-18-,26-24-,53-51+,61-59+. The molecule has 0 spiro atoms. The Kier molecular flexibility index (Phi) is 57.9. The van der Waals surface area contributed by atoms with Crippen molar-refractivity contribution in [1.82, 2.24) is 5.32 Å². The number of carbonyl (C=O) groups excluding carboxylic acids is 1. The first-order valence-corrected chi connectivity index (χ1v) is 35.0. The number of hydrogen-bond acceptors (Lipinski definition) is 5. The van der Waals surface area contributed by atoms with Crippen molar-refractivity contribution in [3.8, 4) is 0 Å². The Balaban J connectivity index is 4.07. The van der Waals surface area contributed by atoms with Crippen LogP contribution in [0.1, 0.15) is 328 Å². The molecule has 0 aromatic carbocycles. The topological polar surface area (TPSA) is 105 Å². The predicted octanol–water partition coefficient (Wildman–Crippen LogP) is 21.1. The van der Waals surface area contributed by atoms with Crippen molar-refractivity contribution in [3.63, 3.8) is 0 Å². The summed E-state index contributed by atoms with van der Waals surface area (Å²) in [6.07, 6.45) is 79.7. The smallest absolute Gasteiger partial charge is 0.387 e. The van der Waals surface area contributed by atoms with E-state index in [0.29, 0.717) is 17.4 Å². The van der Waals surface area contributed by atoms with Gasteiger partial charge in [0.15, 0.2) is 0 Å². The molecule has 0 rings (SSSR count). The van der Waals surface area contributed by atoms with E-state index >= 15 is 0 Å². The number of amides is 1. The molecule has 3 unspecified atom stereocenters. The molecule has 3 N–H and O–H groups in total. The second-order valence-electron chi connectivity index (χ2n) is 24.2. The average molecular weight is 1100 g/mol. The lowest BCUT2D eigenvalue weighted by molar-refractivity contribution is -0.870. The normalized spacial score (nSPS) is 14.0. The lowest BCUT2D eigenvalue weighted by Gasteiger charge is -2.25. The summed E-state index contributed by atoms with van der Waals surface area (Å²) in [7, 11) is 1.57. The van der Waals surface area contributed by atoms with Gasteiger partial charge in [0.1, 0.15) is 13.2 Å². The molecule has 77 heavy (non-hydrogen) atoms. The lowest BCUT2D eigenvalue weighted by atomic mass is 10.0. The molecular weight excluding hydrogens is 972 g/mol. The predicted molar refractivity (Wildman–Crippen MR) is 337 cm³/mol. The highest BCUT2D eigenvalue weighted by Crippen LogP contribution is 2.43. The second kappa shape index (κ2) is 59.1. The number of aliphatic hydroxyl groups is 1. The fraction of sp³-hybridized carbons (Fsp3) is 0.868. The van der Waals surface area contributed by atoms with Crippen LogP contribution in [-0.2, 0) is 18.4 Å². The summed E-state index contributed by atoms with van der Waals surface area (Å²) in [5, 5.41) is 14.0. The summed E-state index contributed by atoms with van der Waals surface area (Å²) >= 11 is 0. The van der Waals surface area contributed by atoms with Gasteiger partial charge < -0.3 is 19.8 Å². The Hall–Kier alpha value is -1.54. The van der Waals surface area contributed by atoms with E-state index in [0.717, 1.165) is 44.9 Å². The molecule has 0 aliphatic heterocycles. The number of quaternary nitrogens is 1. The fourth-order valence-corrected chi connectivity index (χ4v) is 10.8. The summed E-state index contributed by atoms with van der Waals surface area (Å²) in [6, 6.07) is -0.864. The number of rotatable bonds is 62. The number of nitrogens with zero attached hydrogens (tertiary/aromatic N) is 1. The minimum absolute atomic E-state index is 0.0573. The van der Waals surface area contributed by atoms with Crippen LogP contribution >= 0.6 is 7.82 Å². The fourth-order valence-electron chi connectivity index (χ4n) is 10.0. The van der Waals surface area contributed by atoms with E-state index in [4.69, 9.17) is 9.05 Å². The second-order valence-corrected chi connectivity index (χ2v) is 25.6. The number of nitrogens with one attached hydrogen (secondary N) is 1. The van der Waals surface area contributed by atoms with Gasteiger partial charge in [-0.15, -0.1) is 0 Å². The van der Waals surface area contributed by atoms with Gasteiger partial charge in [-0.25, -0.2) is 4.57 Å². The molecule has 0 aromatic heterocycles.